The van der Waals surface area contributed by atoms with Crippen molar-refractivity contribution in [1.82, 2.24) is 0 Å². The molecule has 0 bridgehead atoms. The molecule has 0 saturated heterocycles. The number of fused-ring (bicyclic) bond motifs is 12. The number of anilines is 3. The molecule has 50 heavy (non-hydrogen) atoms. The van der Waals surface area contributed by atoms with Crippen LogP contribution in [0.2, 0.25) is 0 Å². The summed E-state index contributed by atoms with van der Waals surface area (Å²) in [5, 5.41) is 9.06. The highest BCUT2D eigenvalue weighted by molar-refractivity contribution is 7.26. The van der Waals surface area contributed by atoms with Gasteiger partial charge >= 0.3 is 0 Å². The number of thiophene rings is 1. The van der Waals surface area contributed by atoms with Gasteiger partial charge in [0.15, 0.2) is 0 Å². The standard InChI is InChI=1S/C46H27NO2S/c1-3-14-30(15-4-1)47(31-16-5-2-6-17-31)38-25-29(26-40-42(38)35-24-23-28-13-7-8-18-32(28)44(35)49-40)36-27-37-33-19-9-11-21-39(33)48-45(37)43-34-20-10-12-22-41(34)50-46(36)43/h1-27H. The molecule has 3 heterocycles. The Hall–Kier alpha value is -6.36. The van der Waals surface area contributed by atoms with Crippen molar-refractivity contribution in [3.05, 3.63) is 164 Å². The van der Waals surface area contributed by atoms with Crippen molar-refractivity contribution in [3.8, 4) is 11.1 Å². The van der Waals surface area contributed by atoms with Gasteiger partial charge in [0, 0.05) is 58.7 Å². The molecule has 0 fully saturated rings. The van der Waals surface area contributed by atoms with Crippen molar-refractivity contribution in [2.45, 2.75) is 0 Å². The van der Waals surface area contributed by atoms with Gasteiger partial charge in [-0.3, -0.25) is 0 Å². The molecule has 0 aliphatic heterocycles. The minimum Gasteiger partial charge on any atom is -0.455 e. The molecule has 0 unspecified atom stereocenters. The maximum absolute atomic E-state index is 6.96. The number of rotatable bonds is 4. The average Bonchev–Trinajstić information content (AvgIpc) is 3.87. The molecule has 0 atom stereocenters. The summed E-state index contributed by atoms with van der Waals surface area (Å²) in [6.07, 6.45) is 0. The van der Waals surface area contributed by atoms with Crippen LogP contribution in [-0.4, -0.2) is 0 Å². The highest BCUT2D eigenvalue weighted by Crippen LogP contribution is 2.50. The van der Waals surface area contributed by atoms with Crippen molar-refractivity contribution in [1.29, 1.82) is 0 Å². The lowest BCUT2D eigenvalue weighted by molar-refractivity contribution is 0.672. The monoisotopic (exact) mass is 657 g/mol. The van der Waals surface area contributed by atoms with Gasteiger partial charge in [-0.1, -0.05) is 103 Å². The first kappa shape index (κ1) is 27.6. The number of benzene rings is 8. The molecule has 3 nitrogen and oxygen atoms in total. The smallest absolute Gasteiger partial charge is 0.144 e. The third-order valence-corrected chi connectivity index (χ3v) is 11.2. The third kappa shape index (κ3) is 3.97. The number of hydrogen-bond acceptors (Lipinski definition) is 4. The topological polar surface area (TPSA) is 29.5 Å². The van der Waals surface area contributed by atoms with Gasteiger partial charge in [0.05, 0.1) is 11.1 Å². The average molecular weight is 658 g/mol. The summed E-state index contributed by atoms with van der Waals surface area (Å²) in [4.78, 5) is 2.36. The van der Waals surface area contributed by atoms with Gasteiger partial charge in [0.25, 0.3) is 0 Å². The van der Waals surface area contributed by atoms with Crippen molar-refractivity contribution in [2.75, 3.05) is 4.90 Å². The highest BCUT2D eigenvalue weighted by atomic mass is 32.1. The van der Waals surface area contributed by atoms with Gasteiger partial charge in [0.1, 0.15) is 22.3 Å². The van der Waals surface area contributed by atoms with Crippen molar-refractivity contribution >= 4 is 103 Å². The Bertz CT molecular complexity index is 3060. The van der Waals surface area contributed by atoms with E-state index in [1.54, 1.807) is 0 Å². The molecule has 0 aliphatic rings. The number of nitrogens with zero attached hydrogens (tertiary/aromatic N) is 1. The van der Waals surface area contributed by atoms with Gasteiger partial charge in [0.2, 0.25) is 0 Å². The maximum atomic E-state index is 6.96. The van der Waals surface area contributed by atoms with Crippen LogP contribution in [0.5, 0.6) is 0 Å². The number of furan rings is 2. The van der Waals surface area contributed by atoms with Gasteiger partial charge < -0.3 is 13.7 Å². The minimum absolute atomic E-state index is 0.854. The van der Waals surface area contributed by atoms with Crippen LogP contribution in [0.3, 0.4) is 0 Å². The van der Waals surface area contributed by atoms with Gasteiger partial charge in [-0.15, -0.1) is 11.3 Å². The van der Waals surface area contributed by atoms with Crippen LogP contribution in [-0.2, 0) is 0 Å². The highest BCUT2D eigenvalue weighted by Gasteiger charge is 2.24. The summed E-state index contributed by atoms with van der Waals surface area (Å²) in [7, 11) is 0. The summed E-state index contributed by atoms with van der Waals surface area (Å²) in [6.45, 7) is 0. The first-order valence-electron chi connectivity index (χ1n) is 16.8. The van der Waals surface area contributed by atoms with E-state index in [4.69, 9.17) is 8.83 Å². The lowest BCUT2D eigenvalue weighted by Gasteiger charge is -2.27. The summed E-state index contributed by atoms with van der Waals surface area (Å²) in [5.41, 5.74) is 9.07. The predicted molar refractivity (Wildman–Crippen MR) is 212 cm³/mol. The second-order valence-corrected chi connectivity index (χ2v) is 13.9. The first-order valence-corrected chi connectivity index (χ1v) is 17.7. The first-order chi connectivity index (χ1) is 24.8. The molecule has 3 aromatic heterocycles. The summed E-state index contributed by atoms with van der Waals surface area (Å²) >= 11 is 1.82. The fourth-order valence-corrected chi connectivity index (χ4v) is 9.04. The van der Waals surface area contributed by atoms with E-state index in [-0.39, 0.29) is 0 Å². The van der Waals surface area contributed by atoms with E-state index in [0.717, 1.165) is 88.2 Å². The molecule has 11 aromatic rings. The normalized spacial score (nSPS) is 12.0. The van der Waals surface area contributed by atoms with Gasteiger partial charge in [-0.2, -0.15) is 0 Å². The lowest BCUT2D eigenvalue weighted by Crippen LogP contribution is -2.10. The van der Waals surface area contributed by atoms with Gasteiger partial charge in [-0.05, 0) is 71.6 Å². The Balaban J connectivity index is 1.31. The summed E-state index contributed by atoms with van der Waals surface area (Å²) in [5.74, 6) is 0. The fraction of sp³-hybridized carbons (Fsp3) is 0. The Morgan fingerprint density at radius 3 is 1.90 bits per heavy atom. The zero-order valence-electron chi connectivity index (χ0n) is 26.8. The van der Waals surface area contributed by atoms with E-state index in [0.29, 0.717) is 0 Å². The zero-order valence-corrected chi connectivity index (χ0v) is 27.6. The van der Waals surface area contributed by atoms with Crippen molar-refractivity contribution in [2.24, 2.45) is 0 Å². The molecule has 11 rings (SSSR count). The Morgan fingerprint density at radius 1 is 0.440 bits per heavy atom. The van der Waals surface area contributed by atoms with Crippen LogP contribution in [0.1, 0.15) is 0 Å². The molecule has 234 valence electrons. The molecule has 0 saturated carbocycles. The fourth-order valence-electron chi connectivity index (χ4n) is 7.80. The Kier molecular flexibility index (Phi) is 5.83. The van der Waals surface area contributed by atoms with E-state index in [2.05, 4.69) is 163 Å². The SMILES string of the molecule is c1ccc(N(c2ccccc2)c2cc(-c3cc4c5ccccc5oc4c4c3sc3ccccc34)cc3oc4c5ccccc5ccc4c23)cc1. The Labute approximate surface area is 290 Å². The van der Waals surface area contributed by atoms with E-state index in [9.17, 15) is 0 Å². The van der Waals surface area contributed by atoms with Crippen molar-refractivity contribution < 1.29 is 8.83 Å². The van der Waals surface area contributed by atoms with Crippen LogP contribution in [0, 0.1) is 0 Å². The third-order valence-electron chi connectivity index (χ3n) is 10.0. The maximum Gasteiger partial charge on any atom is 0.144 e. The van der Waals surface area contributed by atoms with Crippen molar-refractivity contribution in [3.63, 3.8) is 0 Å². The molecular formula is C46H27NO2S. The zero-order chi connectivity index (χ0) is 32.8. The second-order valence-electron chi connectivity index (χ2n) is 12.8. The molecular weight excluding hydrogens is 631 g/mol. The molecule has 0 aliphatic carbocycles. The van der Waals surface area contributed by atoms with Crippen LogP contribution in [0.15, 0.2) is 173 Å². The molecule has 8 aromatic carbocycles. The van der Waals surface area contributed by atoms with E-state index >= 15 is 0 Å². The molecule has 4 heteroatoms. The largest absolute Gasteiger partial charge is 0.455 e. The molecule has 0 N–H and O–H groups in total. The quantitative estimate of drug-likeness (QED) is 0.189. The minimum atomic E-state index is 0.854. The van der Waals surface area contributed by atoms with Crippen LogP contribution in [0.4, 0.5) is 17.1 Å². The van der Waals surface area contributed by atoms with Crippen LogP contribution in [0.25, 0.3) is 85.9 Å². The second kappa shape index (κ2) is 10.6. The van der Waals surface area contributed by atoms with E-state index in [1.165, 1.54) is 14.8 Å². The lowest BCUT2D eigenvalue weighted by atomic mass is 9.96. The number of hydrogen-bond donors (Lipinski definition) is 0. The number of para-hydroxylation sites is 3. The van der Waals surface area contributed by atoms with Gasteiger partial charge in [-0.25, -0.2) is 0 Å². The van der Waals surface area contributed by atoms with Crippen LogP contribution >= 0.6 is 11.3 Å². The van der Waals surface area contributed by atoms with E-state index in [1.807, 2.05) is 17.4 Å². The predicted octanol–water partition coefficient (Wildman–Crippen LogP) is 14.1. The summed E-state index contributed by atoms with van der Waals surface area (Å²) in [6, 6.07) is 58.1. The van der Waals surface area contributed by atoms with E-state index < -0.39 is 0 Å². The Morgan fingerprint density at radius 2 is 1.10 bits per heavy atom. The summed E-state index contributed by atoms with van der Waals surface area (Å²) < 4.78 is 16.0. The van der Waals surface area contributed by atoms with Crippen LogP contribution < -0.4 is 4.90 Å². The molecule has 0 spiro atoms. The molecule has 0 amide bonds. The molecule has 0 radical (unpaired) electrons.